The van der Waals surface area contributed by atoms with Crippen LogP contribution in [0.25, 0.3) is 0 Å². The third kappa shape index (κ3) is 3.26. The van der Waals surface area contributed by atoms with Crippen molar-refractivity contribution in [3.8, 4) is 0 Å². The summed E-state index contributed by atoms with van der Waals surface area (Å²) in [6.45, 7) is 4.18. The lowest BCUT2D eigenvalue weighted by Crippen LogP contribution is -2.56. The molecule has 20 heavy (non-hydrogen) atoms. The molecular weight excluding hydrogens is 254 g/mol. The second-order valence-electron chi connectivity index (χ2n) is 6.99. The number of hydrogen-bond donors (Lipinski definition) is 3. The SMILES string of the molecule is CC(CO)(NC(=O)NC1CCN(C2CC2)CC1)C1CC1. The maximum Gasteiger partial charge on any atom is 0.315 e. The number of aliphatic hydroxyl groups excluding tert-OH is 1. The van der Waals surface area contributed by atoms with Gasteiger partial charge in [-0.25, -0.2) is 4.79 Å². The number of aliphatic hydroxyl groups is 1. The number of urea groups is 1. The number of piperidine rings is 1. The van der Waals surface area contributed by atoms with E-state index in [1.165, 1.54) is 12.8 Å². The van der Waals surface area contributed by atoms with Crippen LogP contribution in [-0.2, 0) is 0 Å². The Hall–Kier alpha value is -0.810. The number of carbonyl (C=O) groups excluding carboxylic acids is 1. The Balaban J connectivity index is 1.42. The number of nitrogens with one attached hydrogen (secondary N) is 2. The lowest BCUT2D eigenvalue weighted by Gasteiger charge is -2.34. The van der Waals surface area contributed by atoms with Crippen LogP contribution in [0.2, 0.25) is 0 Å². The lowest BCUT2D eigenvalue weighted by atomic mass is 9.97. The van der Waals surface area contributed by atoms with Crippen molar-refractivity contribution >= 4 is 6.03 Å². The summed E-state index contributed by atoms with van der Waals surface area (Å²) >= 11 is 0. The van der Waals surface area contributed by atoms with E-state index in [2.05, 4.69) is 15.5 Å². The largest absolute Gasteiger partial charge is 0.394 e. The van der Waals surface area contributed by atoms with Crippen LogP contribution >= 0.6 is 0 Å². The maximum absolute atomic E-state index is 12.1. The molecule has 1 saturated heterocycles. The molecule has 1 unspecified atom stereocenters. The predicted octanol–water partition coefficient (Wildman–Crippen LogP) is 1.07. The molecule has 3 aliphatic rings. The van der Waals surface area contributed by atoms with Crippen LogP contribution in [0.15, 0.2) is 0 Å². The van der Waals surface area contributed by atoms with Crippen LogP contribution in [0.4, 0.5) is 4.79 Å². The average molecular weight is 281 g/mol. The summed E-state index contributed by atoms with van der Waals surface area (Å²) in [5.74, 6) is 0.440. The van der Waals surface area contributed by atoms with Crippen LogP contribution in [0.5, 0.6) is 0 Å². The van der Waals surface area contributed by atoms with Crippen LogP contribution in [0.3, 0.4) is 0 Å². The van der Waals surface area contributed by atoms with E-state index in [0.29, 0.717) is 5.92 Å². The highest BCUT2D eigenvalue weighted by atomic mass is 16.3. The highest BCUT2D eigenvalue weighted by Gasteiger charge is 2.42. The summed E-state index contributed by atoms with van der Waals surface area (Å²) in [5, 5.41) is 15.6. The van der Waals surface area contributed by atoms with Gasteiger partial charge >= 0.3 is 6.03 Å². The van der Waals surface area contributed by atoms with Gasteiger partial charge in [0.1, 0.15) is 0 Å². The molecule has 1 heterocycles. The zero-order valence-corrected chi connectivity index (χ0v) is 12.4. The third-order valence-electron chi connectivity index (χ3n) is 5.13. The highest BCUT2D eigenvalue weighted by molar-refractivity contribution is 5.75. The number of hydrogen-bond acceptors (Lipinski definition) is 3. The van der Waals surface area contributed by atoms with E-state index in [4.69, 9.17) is 0 Å². The Labute approximate surface area is 121 Å². The summed E-state index contributed by atoms with van der Waals surface area (Å²) in [6.07, 6.45) is 7.02. The van der Waals surface area contributed by atoms with Gasteiger partial charge in [-0.15, -0.1) is 0 Å². The summed E-state index contributed by atoms with van der Waals surface area (Å²) in [4.78, 5) is 14.7. The normalized spacial score (nSPS) is 27.9. The van der Waals surface area contributed by atoms with Gasteiger partial charge in [-0.1, -0.05) is 0 Å². The van der Waals surface area contributed by atoms with Gasteiger partial charge in [-0.05, 0) is 51.4 Å². The molecule has 1 atom stereocenters. The minimum absolute atomic E-state index is 0.0191. The standard InChI is InChI=1S/C15H27N3O2/c1-15(10-19,11-2-3-11)17-14(20)16-12-6-8-18(9-7-12)13-4-5-13/h11-13,19H,2-10H2,1H3,(H2,16,17,20). The van der Waals surface area contributed by atoms with Gasteiger partial charge in [0, 0.05) is 25.2 Å². The lowest BCUT2D eigenvalue weighted by molar-refractivity contribution is 0.149. The van der Waals surface area contributed by atoms with Gasteiger partial charge in [0.25, 0.3) is 0 Å². The number of nitrogens with zero attached hydrogens (tertiary/aromatic N) is 1. The molecule has 0 aromatic rings. The molecule has 2 amide bonds. The number of likely N-dealkylation sites (tertiary alicyclic amines) is 1. The molecule has 3 rings (SSSR count). The van der Waals surface area contributed by atoms with E-state index in [1.807, 2.05) is 6.92 Å². The zero-order chi connectivity index (χ0) is 14.2. The fourth-order valence-electron chi connectivity index (χ4n) is 3.32. The van der Waals surface area contributed by atoms with E-state index < -0.39 is 5.54 Å². The van der Waals surface area contributed by atoms with E-state index in [0.717, 1.165) is 44.8 Å². The average Bonchev–Trinajstić information content (AvgIpc) is 3.31. The first kappa shape index (κ1) is 14.1. The molecule has 0 spiro atoms. The fourth-order valence-corrected chi connectivity index (χ4v) is 3.32. The molecule has 0 aromatic carbocycles. The van der Waals surface area contributed by atoms with Crippen LogP contribution < -0.4 is 10.6 Å². The summed E-state index contributed by atoms with van der Waals surface area (Å²) in [6, 6.07) is 1.00. The van der Waals surface area contributed by atoms with Crippen molar-refractivity contribution < 1.29 is 9.90 Å². The number of carbonyl (C=O) groups is 1. The second kappa shape index (κ2) is 5.53. The molecule has 3 N–H and O–H groups in total. The van der Waals surface area contributed by atoms with E-state index in [-0.39, 0.29) is 18.7 Å². The first-order valence-corrected chi connectivity index (χ1v) is 8.04. The Morgan fingerprint density at radius 2 is 1.85 bits per heavy atom. The van der Waals surface area contributed by atoms with Crippen molar-refractivity contribution in [3.05, 3.63) is 0 Å². The summed E-state index contributed by atoms with van der Waals surface area (Å²) < 4.78 is 0. The van der Waals surface area contributed by atoms with Gasteiger partial charge in [-0.3, -0.25) is 0 Å². The van der Waals surface area contributed by atoms with Crippen LogP contribution in [0.1, 0.15) is 45.4 Å². The maximum atomic E-state index is 12.1. The quantitative estimate of drug-likeness (QED) is 0.706. The molecule has 2 aliphatic carbocycles. The molecule has 5 heteroatoms. The van der Waals surface area contributed by atoms with Crippen molar-refractivity contribution in [3.63, 3.8) is 0 Å². The smallest absolute Gasteiger partial charge is 0.315 e. The molecule has 114 valence electrons. The van der Waals surface area contributed by atoms with Crippen LogP contribution in [0, 0.1) is 5.92 Å². The van der Waals surface area contributed by atoms with E-state index >= 15 is 0 Å². The van der Waals surface area contributed by atoms with E-state index in [9.17, 15) is 9.90 Å². The number of rotatable bonds is 5. The summed E-state index contributed by atoms with van der Waals surface area (Å²) in [5.41, 5.74) is -0.446. The minimum Gasteiger partial charge on any atom is -0.394 e. The highest BCUT2D eigenvalue weighted by Crippen LogP contribution is 2.39. The molecule has 0 aromatic heterocycles. The fraction of sp³-hybridized carbons (Fsp3) is 0.933. The molecule has 3 fully saturated rings. The Kier molecular flexibility index (Phi) is 3.91. The Morgan fingerprint density at radius 3 is 2.35 bits per heavy atom. The van der Waals surface area contributed by atoms with Crippen molar-refractivity contribution in [1.29, 1.82) is 0 Å². The Morgan fingerprint density at radius 1 is 1.20 bits per heavy atom. The molecule has 0 radical (unpaired) electrons. The first-order valence-electron chi connectivity index (χ1n) is 8.04. The van der Waals surface area contributed by atoms with Crippen LogP contribution in [-0.4, -0.2) is 53.4 Å². The molecular formula is C15H27N3O2. The van der Waals surface area contributed by atoms with Gasteiger partial charge in [0.2, 0.25) is 0 Å². The van der Waals surface area contributed by atoms with Gasteiger partial charge in [0.15, 0.2) is 0 Å². The van der Waals surface area contributed by atoms with Gasteiger partial charge in [0.05, 0.1) is 12.1 Å². The van der Waals surface area contributed by atoms with E-state index in [1.54, 1.807) is 0 Å². The van der Waals surface area contributed by atoms with Crippen molar-refractivity contribution in [2.45, 2.75) is 63.1 Å². The van der Waals surface area contributed by atoms with Crippen molar-refractivity contribution in [1.82, 2.24) is 15.5 Å². The molecule has 5 nitrogen and oxygen atoms in total. The van der Waals surface area contributed by atoms with Gasteiger partial charge < -0.3 is 20.6 Å². The monoisotopic (exact) mass is 281 g/mol. The van der Waals surface area contributed by atoms with Gasteiger partial charge in [-0.2, -0.15) is 0 Å². The first-order chi connectivity index (χ1) is 9.60. The van der Waals surface area contributed by atoms with Crippen molar-refractivity contribution in [2.24, 2.45) is 5.92 Å². The molecule has 2 saturated carbocycles. The zero-order valence-electron chi connectivity index (χ0n) is 12.4. The second-order valence-corrected chi connectivity index (χ2v) is 6.99. The molecule has 1 aliphatic heterocycles. The molecule has 0 bridgehead atoms. The minimum atomic E-state index is -0.446. The number of amides is 2. The van der Waals surface area contributed by atoms with Crippen molar-refractivity contribution in [2.75, 3.05) is 19.7 Å². The topological polar surface area (TPSA) is 64.6 Å². The predicted molar refractivity (Wildman–Crippen MR) is 77.5 cm³/mol. The third-order valence-corrected chi connectivity index (χ3v) is 5.13. The Bertz CT molecular complexity index is 360. The summed E-state index contributed by atoms with van der Waals surface area (Å²) in [7, 11) is 0.